The zero-order valence-corrected chi connectivity index (χ0v) is 21.6. The minimum absolute atomic E-state index is 0.808. The van der Waals surface area contributed by atoms with Crippen LogP contribution in [0.4, 0.5) is 0 Å². The molecule has 8 aromatic rings. The van der Waals surface area contributed by atoms with Crippen LogP contribution in [0.5, 0.6) is 0 Å². The van der Waals surface area contributed by atoms with Crippen LogP contribution in [0.15, 0.2) is 146 Å². The van der Waals surface area contributed by atoms with E-state index in [4.69, 9.17) is 5.10 Å². The number of hydrogen-bond donors (Lipinski definition) is 0. The molecule has 0 saturated heterocycles. The summed E-state index contributed by atoms with van der Waals surface area (Å²) in [5.41, 5.74) is 6.57. The molecule has 6 aromatic carbocycles. The number of fused-ring (bicyclic) bond motifs is 4. The second-order valence-corrected chi connectivity index (χ2v) is 10.00. The molecule has 8 rings (SSSR count). The molecule has 0 aliphatic heterocycles. The van der Waals surface area contributed by atoms with E-state index in [9.17, 15) is 0 Å². The highest BCUT2D eigenvalue weighted by molar-refractivity contribution is 6.09. The van der Waals surface area contributed by atoms with Gasteiger partial charge in [-0.1, -0.05) is 97.1 Å². The van der Waals surface area contributed by atoms with E-state index in [1.165, 1.54) is 32.6 Å². The lowest BCUT2D eigenvalue weighted by Crippen LogP contribution is -2.01. The molecule has 4 nitrogen and oxygen atoms in total. The zero-order valence-electron chi connectivity index (χ0n) is 21.6. The van der Waals surface area contributed by atoms with Crippen LogP contribution >= 0.6 is 0 Å². The zero-order chi connectivity index (χ0) is 26.5. The molecule has 0 N–H and O–H groups in total. The predicted octanol–water partition coefficient (Wildman–Crippen LogP) is 8.85. The molecule has 0 fully saturated rings. The van der Waals surface area contributed by atoms with Gasteiger partial charge in [-0.2, -0.15) is 0 Å². The molecule has 0 atom stereocenters. The Kier molecular flexibility index (Phi) is 5.10. The normalized spacial score (nSPS) is 11.5. The van der Waals surface area contributed by atoms with Crippen molar-refractivity contribution in [2.45, 2.75) is 0 Å². The first-order chi connectivity index (χ1) is 19.8. The van der Waals surface area contributed by atoms with Crippen LogP contribution in [0.2, 0.25) is 0 Å². The monoisotopic (exact) mass is 512 g/mol. The SMILES string of the molecule is c1ccc(-c2nnc(-c3ccc(-n4c5ccccc5c5ccccc54)cc3)n2-c2ccc3ccccc3c2)cc1. The molecule has 0 saturated carbocycles. The quantitative estimate of drug-likeness (QED) is 0.236. The van der Waals surface area contributed by atoms with E-state index < -0.39 is 0 Å². The Balaban J connectivity index is 1.30. The van der Waals surface area contributed by atoms with E-state index in [0.717, 1.165) is 34.2 Å². The van der Waals surface area contributed by atoms with Gasteiger partial charge in [0.1, 0.15) is 0 Å². The second kappa shape index (κ2) is 9.07. The van der Waals surface area contributed by atoms with Crippen molar-refractivity contribution in [3.05, 3.63) is 146 Å². The van der Waals surface area contributed by atoms with Crippen LogP contribution in [0.25, 0.3) is 66.7 Å². The van der Waals surface area contributed by atoms with Crippen molar-refractivity contribution in [1.82, 2.24) is 19.3 Å². The van der Waals surface area contributed by atoms with Crippen molar-refractivity contribution in [3.8, 4) is 34.2 Å². The van der Waals surface area contributed by atoms with Gasteiger partial charge in [-0.05, 0) is 59.3 Å². The van der Waals surface area contributed by atoms with E-state index in [1.807, 2.05) is 18.2 Å². The molecule has 188 valence electrons. The van der Waals surface area contributed by atoms with Crippen LogP contribution in [0.3, 0.4) is 0 Å². The molecule has 0 unspecified atom stereocenters. The predicted molar refractivity (Wildman–Crippen MR) is 164 cm³/mol. The minimum Gasteiger partial charge on any atom is -0.309 e. The second-order valence-electron chi connectivity index (χ2n) is 10.00. The van der Waals surface area contributed by atoms with Gasteiger partial charge in [0.2, 0.25) is 0 Å². The first-order valence-corrected chi connectivity index (χ1v) is 13.4. The Hall–Kier alpha value is -5.48. The number of rotatable bonds is 4. The van der Waals surface area contributed by atoms with E-state index >= 15 is 0 Å². The van der Waals surface area contributed by atoms with Crippen molar-refractivity contribution in [1.29, 1.82) is 0 Å². The summed E-state index contributed by atoms with van der Waals surface area (Å²) in [4.78, 5) is 0. The maximum Gasteiger partial charge on any atom is 0.168 e. The third-order valence-corrected chi connectivity index (χ3v) is 7.65. The van der Waals surface area contributed by atoms with E-state index in [0.29, 0.717) is 0 Å². The molecule has 2 aromatic heterocycles. The van der Waals surface area contributed by atoms with E-state index in [-0.39, 0.29) is 0 Å². The van der Waals surface area contributed by atoms with Crippen LogP contribution in [0, 0.1) is 0 Å². The minimum atomic E-state index is 0.808. The molecule has 0 amide bonds. The molecule has 2 heterocycles. The number of para-hydroxylation sites is 2. The fourth-order valence-electron chi connectivity index (χ4n) is 5.77. The van der Waals surface area contributed by atoms with Crippen molar-refractivity contribution < 1.29 is 0 Å². The summed E-state index contributed by atoms with van der Waals surface area (Å²) in [5, 5.41) is 14.3. The Morgan fingerprint density at radius 3 is 1.57 bits per heavy atom. The Labute approximate surface area is 231 Å². The highest BCUT2D eigenvalue weighted by Crippen LogP contribution is 2.34. The number of nitrogens with zero attached hydrogens (tertiary/aromatic N) is 4. The highest BCUT2D eigenvalue weighted by atomic mass is 15.3. The van der Waals surface area contributed by atoms with Gasteiger partial charge in [0, 0.05) is 33.3 Å². The average Bonchev–Trinajstić information content (AvgIpc) is 3.62. The topological polar surface area (TPSA) is 35.6 Å². The van der Waals surface area contributed by atoms with Crippen molar-refractivity contribution in [2.75, 3.05) is 0 Å². The first kappa shape index (κ1) is 22.5. The number of hydrogen-bond acceptors (Lipinski definition) is 2. The molecule has 0 bridgehead atoms. The lowest BCUT2D eigenvalue weighted by atomic mass is 10.1. The van der Waals surface area contributed by atoms with Gasteiger partial charge < -0.3 is 4.57 Å². The van der Waals surface area contributed by atoms with Crippen LogP contribution in [-0.4, -0.2) is 19.3 Å². The molecule has 0 aliphatic carbocycles. The fourth-order valence-corrected chi connectivity index (χ4v) is 5.77. The third-order valence-electron chi connectivity index (χ3n) is 7.65. The van der Waals surface area contributed by atoms with Crippen molar-refractivity contribution >= 4 is 32.6 Å². The third kappa shape index (κ3) is 3.54. The highest BCUT2D eigenvalue weighted by Gasteiger charge is 2.18. The first-order valence-electron chi connectivity index (χ1n) is 13.4. The van der Waals surface area contributed by atoms with Gasteiger partial charge in [-0.15, -0.1) is 10.2 Å². The smallest absolute Gasteiger partial charge is 0.168 e. The number of aromatic nitrogens is 4. The summed E-state index contributed by atoms with van der Waals surface area (Å²) >= 11 is 0. The maximum absolute atomic E-state index is 4.72. The summed E-state index contributed by atoms with van der Waals surface area (Å²) < 4.78 is 4.50. The maximum atomic E-state index is 4.72. The molecule has 0 aliphatic rings. The van der Waals surface area contributed by atoms with Gasteiger partial charge in [-0.3, -0.25) is 4.57 Å². The standard InChI is InChI=1S/C36H24N4/c1-2-11-26(12-3-1)35-37-38-36(40(35)30-23-18-25-10-4-5-13-28(25)24-30)27-19-21-29(22-20-27)39-33-16-8-6-14-31(33)32-15-7-9-17-34(32)39/h1-24H. The summed E-state index contributed by atoms with van der Waals surface area (Å²) in [6.45, 7) is 0. The largest absolute Gasteiger partial charge is 0.309 e. The number of benzene rings is 6. The molecule has 40 heavy (non-hydrogen) atoms. The van der Waals surface area contributed by atoms with Crippen LogP contribution < -0.4 is 0 Å². The molecule has 0 spiro atoms. The summed E-state index contributed by atoms with van der Waals surface area (Å²) in [6.07, 6.45) is 0. The summed E-state index contributed by atoms with van der Waals surface area (Å²) in [7, 11) is 0. The van der Waals surface area contributed by atoms with Gasteiger partial charge in [0.05, 0.1) is 11.0 Å². The molecular weight excluding hydrogens is 488 g/mol. The van der Waals surface area contributed by atoms with E-state index in [2.05, 4.69) is 142 Å². The van der Waals surface area contributed by atoms with Gasteiger partial charge in [0.25, 0.3) is 0 Å². The molecule has 0 radical (unpaired) electrons. The molecule has 4 heteroatoms. The summed E-state index contributed by atoms with van der Waals surface area (Å²) in [5.74, 6) is 1.63. The fraction of sp³-hybridized carbons (Fsp3) is 0. The summed E-state index contributed by atoms with van der Waals surface area (Å²) in [6, 6.07) is 51.0. The Morgan fingerprint density at radius 1 is 0.375 bits per heavy atom. The average molecular weight is 513 g/mol. The van der Waals surface area contributed by atoms with Crippen molar-refractivity contribution in [3.63, 3.8) is 0 Å². The van der Waals surface area contributed by atoms with Crippen LogP contribution in [-0.2, 0) is 0 Å². The van der Waals surface area contributed by atoms with E-state index in [1.54, 1.807) is 0 Å². The van der Waals surface area contributed by atoms with Crippen molar-refractivity contribution in [2.24, 2.45) is 0 Å². The van der Waals surface area contributed by atoms with Gasteiger partial charge in [-0.25, -0.2) is 0 Å². The lowest BCUT2D eigenvalue weighted by Gasteiger charge is -2.13. The Bertz CT molecular complexity index is 2100. The van der Waals surface area contributed by atoms with Gasteiger partial charge in [0.15, 0.2) is 11.6 Å². The lowest BCUT2D eigenvalue weighted by molar-refractivity contribution is 1.07. The molecular formula is C36H24N4. The van der Waals surface area contributed by atoms with Gasteiger partial charge >= 0.3 is 0 Å². The van der Waals surface area contributed by atoms with Crippen LogP contribution in [0.1, 0.15) is 0 Å². The Morgan fingerprint density at radius 2 is 0.900 bits per heavy atom.